The average molecular weight is 466 g/mol. The Balaban J connectivity index is 1.64. The Morgan fingerprint density at radius 2 is 1.71 bits per heavy atom. The third-order valence-electron chi connectivity index (χ3n) is 4.61. The highest BCUT2D eigenvalue weighted by molar-refractivity contribution is 6.32. The van der Waals surface area contributed by atoms with Gasteiger partial charge in [0.25, 0.3) is 0 Å². The normalized spacial score (nSPS) is 10.9. The van der Waals surface area contributed by atoms with Gasteiger partial charge in [0.15, 0.2) is 11.5 Å². The zero-order valence-corrected chi connectivity index (χ0v) is 18.6. The number of halogens is 4. The Bertz CT molecular complexity index is 1030. The molecule has 0 unspecified atom stereocenters. The maximum absolute atomic E-state index is 13.7. The van der Waals surface area contributed by atoms with E-state index in [4.69, 9.17) is 32.7 Å². The summed E-state index contributed by atoms with van der Waals surface area (Å²) < 4.78 is 38.5. The molecule has 0 aliphatic heterocycles. The van der Waals surface area contributed by atoms with Gasteiger partial charge in [-0.1, -0.05) is 47.5 Å². The van der Waals surface area contributed by atoms with Crippen molar-refractivity contribution >= 4 is 23.2 Å². The molecule has 3 rings (SSSR count). The molecule has 3 nitrogen and oxygen atoms in total. The van der Waals surface area contributed by atoms with Crippen LogP contribution >= 0.6 is 23.2 Å². The molecule has 0 atom stereocenters. The molecule has 0 fully saturated rings. The van der Waals surface area contributed by atoms with Crippen molar-refractivity contribution < 1.29 is 18.3 Å². The first-order valence-electron chi connectivity index (χ1n) is 9.94. The summed E-state index contributed by atoms with van der Waals surface area (Å²) in [7, 11) is 0. The van der Waals surface area contributed by atoms with Crippen molar-refractivity contribution in [2.75, 3.05) is 13.2 Å². The van der Waals surface area contributed by atoms with Gasteiger partial charge in [-0.25, -0.2) is 8.78 Å². The molecule has 0 saturated carbocycles. The van der Waals surface area contributed by atoms with E-state index in [0.717, 1.165) is 5.56 Å². The van der Waals surface area contributed by atoms with Crippen molar-refractivity contribution in [2.24, 2.45) is 0 Å². The van der Waals surface area contributed by atoms with Crippen LogP contribution in [0.4, 0.5) is 8.78 Å². The van der Waals surface area contributed by atoms with Gasteiger partial charge in [0.2, 0.25) is 0 Å². The molecule has 31 heavy (non-hydrogen) atoms. The Hall–Kier alpha value is -2.34. The molecule has 0 aliphatic carbocycles. The number of hydrogen-bond acceptors (Lipinski definition) is 3. The van der Waals surface area contributed by atoms with E-state index in [0.29, 0.717) is 53.8 Å². The van der Waals surface area contributed by atoms with Crippen LogP contribution in [0.3, 0.4) is 0 Å². The van der Waals surface area contributed by atoms with Crippen LogP contribution in [0, 0.1) is 11.6 Å². The first-order valence-corrected chi connectivity index (χ1v) is 10.7. The molecule has 0 spiro atoms. The molecule has 164 valence electrons. The van der Waals surface area contributed by atoms with Crippen molar-refractivity contribution in [3.8, 4) is 11.5 Å². The maximum Gasteiger partial charge on any atom is 0.180 e. The van der Waals surface area contributed by atoms with Gasteiger partial charge in [0, 0.05) is 12.1 Å². The highest BCUT2D eigenvalue weighted by Crippen LogP contribution is 2.37. The third kappa shape index (κ3) is 6.57. The van der Waals surface area contributed by atoms with E-state index >= 15 is 0 Å². The number of hydrogen-bond donors (Lipinski definition) is 1. The summed E-state index contributed by atoms with van der Waals surface area (Å²) in [4.78, 5) is 0. The fourth-order valence-electron chi connectivity index (χ4n) is 3.07. The van der Waals surface area contributed by atoms with Gasteiger partial charge in [-0.05, 0) is 61.3 Å². The lowest BCUT2D eigenvalue weighted by Gasteiger charge is -2.16. The van der Waals surface area contributed by atoms with Crippen LogP contribution in [0.25, 0.3) is 0 Å². The SMILES string of the molecule is CCOc1cc(CNCCc2ccccc2F)cc(Cl)c1OCc1ccc(F)cc1Cl. The van der Waals surface area contributed by atoms with E-state index in [-0.39, 0.29) is 17.4 Å². The summed E-state index contributed by atoms with van der Waals surface area (Å²) in [6, 6.07) is 14.5. The second kappa shape index (κ2) is 11.3. The van der Waals surface area contributed by atoms with Gasteiger partial charge in [-0.15, -0.1) is 0 Å². The van der Waals surface area contributed by atoms with Gasteiger partial charge >= 0.3 is 0 Å². The average Bonchev–Trinajstić information content (AvgIpc) is 2.73. The Kier molecular flexibility index (Phi) is 8.52. The Morgan fingerprint density at radius 1 is 0.903 bits per heavy atom. The predicted molar refractivity (Wildman–Crippen MR) is 120 cm³/mol. The fourth-order valence-corrected chi connectivity index (χ4v) is 3.58. The molecule has 7 heteroatoms. The minimum absolute atomic E-state index is 0.124. The quantitative estimate of drug-likeness (QED) is 0.343. The molecule has 0 amide bonds. The molecule has 0 aliphatic rings. The molecule has 0 radical (unpaired) electrons. The first kappa shape index (κ1) is 23.3. The van der Waals surface area contributed by atoms with Crippen LogP contribution < -0.4 is 14.8 Å². The molecule has 3 aromatic carbocycles. The van der Waals surface area contributed by atoms with Gasteiger partial charge in [-0.2, -0.15) is 0 Å². The topological polar surface area (TPSA) is 30.5 Å². The summed E-state index contributed by atoms with van der Waals surface area (Å²) in [5, 5.41) is 3.97. The maximum atomic E-state index is 13.7. The Morgan fingerprint density at radius 3 is 2.45 bits per heavy atom. The van der Waals surface area contributed by atoms with Crippen molar-refractivity contribution in [1.82, 2.24) is 5.32 Å². The molecule has 0 heterocycles. The van der Waals surface area contributed by atoms with Crippen molar-refractivity contribution in [3.63, 3.8) is 0 Å². The van der Waals surface area contributed by atoms with E-state index in [9.17, 15) is 8.78 Å². The van der Waals surface area contributed by atoms with Crippen LogP contribution in [-0.2, 0) is 19.6 Å². The number of nitrogens with one attached hydrogen (secondary N) is 1. The minimum Gasteiger partial charge on any atom is -0.490 e. The monoisotopic (exact) mass is 465 g/mol. The summed E-state index contributed by atoms with van der Waals surface area (Å²) in [5.41, 5.74) is 2.22. The lowest BCUT2D eigenvalue weighted by Crippen LogP contribution is -2.17. The molecule has 0 saturated heterocycles. The highest BCUT2D eigenvalue weighted by atomic mass is 35.5. The van der Waals surface area contributed by atoms with Gasteiger partial charge < -0.3 is 14.8 Å². The second-order valence-electron chi connectivity index (χ2n) is 6.88. The summed E-state index contributed by atoms with van der Waals surface area (Å²) in [6.45, 7) is 3.59. The van der Waals surface area contributed by atoms with Crippen LogP contribution in [0.5, 0.6) is 11.5 Å². The van der Waals surface area contributed by atoms with Crippen LogP contribution in [0.2, 0.25) is 10.0 Å². The van der Waals surface area contributed by atoms with Gasteiger partial charge in [0.05, 0.1) is 16.7 Å². The van der Waals surface area contributed by atoms with E-state index in [1.165, 1.54) is 18.2 Å². The molecule has 0 bridgehead atoms. The molecule has 3 aromatic rings. The zero-order valence-electron chi connectivity index (χ0n) is 17.1. The number of ether oxygens (including phenoxy) is 2. The second-order valence-corrected chi connectivity index (χ2v) is 7.69. The largest absolute Gasteiger partial charge is 0.490 e. The fraction of sp³-hybridized carbons (Fsp3) is 0.250. The van der Waals surface area contributed by atoms with Crippen LogP contribution in [-0.4, -0.2) is 13.2 Å². The van der Waals surface area contributed by atoms with Gasteiger partial charge in [-0.3, -0.25) is 0 Å². The van der Waals surface area contributed by atoms with Crippen LogP contribution in [0.15, 0.2) is 54.6 Å². The lowest BCUT2D eigenvalue weighted by atomic mass is 10.1. The van der Waals surface area contributed by atoms with E-state index in [2.05, 4.69) is 5.32 Å². The van der Waals surface area contributed by atoms with Crippen molar-refractivity contribution in [3.05, 3.63) is 93.0 Å². The van der Waals surface area contributed by atoms with E-state index < -0.39 is 5.82 Å². The smallest absolute Gasteiger partial charge is 0.180 e. The summed E-state index contributed by atoms with van der Waals surface area (Å²) >= 11 is 12.5. The van der Waals surface area contributed by atoms with Crippen molar-refractivity contribution in [1.29, 1.82) is 0 Å². The third-order valence-corrected chi connectivity index (χ3v) is 5.25. The lowest BCUT2D eigenvalue weighted by molar-refractivity contribution is 0.269. The molecular formula is C24H23Cl2F2NO2. The summed E-state index contributed by atoms with van der Waals surface area (Å²) in [6.07, 6.45) is 0.582. The minimum atomic E-state index is -0.409. The molecule has 0 aromatic heterocycles. The van der Waals surface area contributed by atoms with E-state index in [1.807, 2.05) is 19.1 Å². The van der Waals surface area contributed by atoms with E-state index in [1.54, 1.807) is 24.3 Å². The van der Waals surface area contributed by atoms with Gasteiger partial charge in [0.1, 0.15) is 18.2 Å². The Labute approximate surface area is 190 Å². The van der Waals surface area contributed by atoms with Crippen molar-refractivity contribution in [2.45, 2.75) is 26.5 Å². The zero-order chi connectivity index (χ0) is 22.2. The molecule has 1 N–H and O–H groups in total. The number of benzene rings is 3. The predicted octanol–water partition coefficient (Wildman–Crippen LogP) is 6.58. The van der Waals surface area contributed by atoms with Crippen LogP contribution in [0.1, 0.15) is 23.6 Å². The first-order chi connectivity index (χ1) is 15.0. The standard InChI is InChI=1S/C24H23Cl2F2NO2/c1-2-30-23-12-16(14-29-10-9-17-5-3-4-6-22(17)28)11-21(26)24(23)31-15-18-7-8-19(27)13-20(18)25/h3-8,11-13,29H,2,9-10,14-15H2,1H3. The highest BCUT2D eigenvalue weighted by Gasteiger charge is 2.14. The summed E-state index contributed by atoms with van der Waals surface area (Å²) in [5.74, 6) is 0.306. The number of rotatable bonds is 10. The molecular weight excluding hydrogens is 443 g/mol.